The Balaban J connectivity index is 2.08. The van der Waals surface area contributed by atoms with E-state index in [1.54, 1.807) is 0 Å². The molecule has 0 aromatic carbocycles. The smallest absolute Gasteiger partial charge is 0.132 e. The lowest BCUT2D eigenvalue weighted by Crippen LogP contribution is -2.57. The average Bonchev–Trinajstić information content (AvgIpc) is 2.13. The van der Waals surface area contributed by atoms with Crippen molar-refractivity contribution in [3.63, 3.8) is 0 Å². The molecule has 88 valence electrons. The molecule has 0 aliphatic carbocycles. The number of nitrogens with zero attached hydrogens (tertiary/aromatic N) is 4. The maximum absolute atomic E-state index is 4.49. The predicted molar refractivity (Wildman–Crippen MR) is 65.8 cm³/mol. The lowest BCUT2D eigenvalue weighted by Gasteiger charge is -2.43. The summed E-state index contributed by atoms with van der Waals surface area (Å²) in [6, 6.07) is 2.78. The van der Waals surface area contributed by atoms with E-state index in [1.165, 1.54) is 0 Å². The zero-order chi connectivity index (χ0) is 11.7. The summed E-state index contributed by atoms with van der Waals surface area (Å²) >= 11 is 0. The number of rotatable bonds is 3. The number of hydrogen-bond donors (Lipinski definition) is 0. The molecular formula is C12H20N4. The fourth-order valence-corrected chi connectivity index (χ4v) is 1.92. The lowest BCUT2D eigenvalue weighted by atomic mass is 10.1. The zero-order valence-electron chi connectivity index (χ0n) is 10.6. The van der Waals surface area contributed by atoms with E-state index < -0.39 is 0 Å². The minimum absolute atomic E-state index is 0.667. The van der Waals surface area contributed by atoms with Crippen molar-refractivity contribution < 1.29 is 0 Å². The van der Waals surface area contributed by atoms with Crippen LogP contribution in [-0.2, 0) is 6.42 Å². The second kappa shape index (κ2) is 4.37. The highest BCUT2D eigenvalue weighted by molar-refractivity contribution is 5.43. The number of likely N-dealkylation sites (N-methyl/N-ethyl adjacent to an activating group) is 1. The summed E-state index contributed by atoms with van der Waals surface area (Å²) in [6.07, 6.45) is 0.974. The van der Waals surface area contributed by atoms with Crippen molar-refractivity contribution in [2.24, 2.45) is 0 Å². The molecule has 4 heteroatoms. The van der Waals surface area contributed by atoms with Gasteiger partial charge in [0.05, 0.1) is 0 Å². The minimum Gasteiger partial charge on any atom is -0.353 e. The van der Waals surface area contributed by atoms with Crippen LogP contribution in [-0.4, -0.2) is 48.1 Å². The normalized spacial score (nSPS) is 16.7. The van der Waals surface area contributed by atoms with Gasteiger partial charge in [-0.3, -0.25) is 0 Å². The van der Waals surface area contributed by atoms with Gasteiger partial charge >= 0.3 is 0 Å². The third-order valence-corrected chi connectivity index (χ3v) is 3.16. The van der Waals surface area contributed by atoms with E-state index >= 15 is 0 Å². The molecule has 0 bridgehead atoms. The van der Waals surface area contributed by atoms with E-state index in [0.29, 0.717) is 6.04 Å². The summed E-state index contributed by atoms with van der Waals surface area (Å²) in [7, 11) is 4.26. The van der Waals surface area contributed by atoms with E-state index in [0.717, 1.165) is 36.8 Å². The molecule has 0 N–H and O–H groups in total. The topological polar surface area (TPSA) is 32.3 Å². The van der Waals surface area contributed by atoms with Crippen LogP contribution in [0.1, 0.15) is 18.4 Å². The molecule has 1 aromatic heterocycles. The molecule has 0 atom stereocenters. The predicted octanol–water partition coefficient (Wildman–Crippen LogP) is 1.10. The highest BCUT2D eigenvalue weighted by Crippen LogP contribution is 2.21. The van der Waals surface area contributed by atoms with E-state index in [9.17, 15) is 0 Å². The molecule has 1 aliphatic heterocycles. The van der Waals surface area contributed by atoms with E-state index in [-0.39, 0.29) is 0 Å². The summed E-state index contributed by atoms with van der Waals surface area (Å²) in [6.45, 7) is 6.25. The summed E-state index contributed by atoms with van der Waals surface area (Å²) < 4.78 is 0. The Labute approximate surface area is 97.3 Å². The minimum atomic E-state index is 0.667. The molecule has 0 spiro atoms. The van der Waals surface area contributed by atoms with Gasteiger partial charge in [0.15, 0.2) is 0 Å². The van der Waals surface area contributed by atoms with Crippen LogP contribution >= 0.6 is 0 Å². The van der Waals surface area contributed by atoms with Crippen LogP contribution in [0.5, 0.6) is 0 Å². The molecule has 2 heterocycles. The van der Waals surface area contributed by atoms with E-state index in [4.69, 9.17) is 0 Å². The second-order valence-corrected chi connectivity index (χ2v) is 4.64. The number of aromatic nitrogens is 2. The van der Waals surface area contributed by atoms with E-state index in [1.807, 2.05) is 6.92 Å². The molecular weight excluding hydrogens is 200 g/mol. The van der Waals surface area contributed by atoms with Crippen LogP contribution in [0.4, 0.5) is 5.82 Å². The van der Waals surface area contributed by atoms with Crippen molar-refractivity contribution in [1.82, 2.24) is 14.9 Å². The number of anilines is 1. The molecule has 1 aromatic rings. The molecule has 0 radical (unpaired) electrons. The van der Waals surface area contributed by atoms with Gasteiger partial charge in [0.1, 0.15) is 11.6 Å². The molecule has 16 heavy (non-hydrogen) atoms. The summed E-state index contributed by atoms with van der Waals surface area (Å²) in [5, 5.41) is 0. The standard InChI is InChI=1S/C12H20N4/c1-5-10-6-12(14-9(2)13-10)16-7-11(8-16)15(3)4/h6,11H,5,7-8H2,1-4H3. The van der Waals surface area contributed by atoms with Gasteiger partial charge in [-0.25, -0.2) is 9.97 Å². The van der Waals surface area contributed by atoms with Gasteiger partial charge in [0.25, 0.3) is 0 Å². The van der Waals surface area contributed by atoms with Gasteiger partial charge in [-0.15, -0.1) is 0 Å². The van der Waals surface area contributed by atoms with Gasteiger partial charge in [0, 0.05) is 30.9 Å². The first kappa shape index (κ1) is 11.3. The molecule has 1 fully saturated rings. The van der Waals surface area contributed by atoms with Crippen LogP contribution in [0.3, 0.4) is 0 Å². The van der Waals surface area contributed by atoms with Gasteiger partial charge in [-0.05, 0) is 27.4 Å². The lowest BCUT2D eigenvalue weighted by molar-refractivity contribution is 0.246. The highest BCUT2D eigenvalue weighted by atomic mass is 15.3. The molecule has 1 saturated heterocycles. The van der Waals surface area contributed by atoms with E-state index in [2.05, 4.69) is 46.9 Å². The Morgan fingerprint density at radius 2 is 2.06 bits per heavy atom. The van der Waals surface area contributed by atoms with Gasteiger partial charge < -0.3 is 9.80 Å². The monoisotopic (exact) mass is 220 g/mol. The van der Waals surface area contributed by atoms with Crippen molar-refractivity contribution in [2.75, 3.05) is 32.1 Å². The first-order valence-corrected chi connectivity index (χ1v) is 5.86. The Bertz CT molecular complexity index is 369. The quantitative estimate of drug-likeness (QED) is 0.763. The Morgan fingerprint density at radius 3 is 2.62 bits per heavy atom. The molecule has 0 unspecified atom stereocenters. The van der Waals surface area contributed by atoms with Crippen LogP contribution < -0.4 is 4.90 Å². The number of hydrogen-bond acceptors (Lipinski definition) is 4. The summed E-state index contributed by atoms with van der Waals surface area (Å²) in [5.41, 5.74) is 1.14. The van der Waals surface area contributed by atoms with Gasteiger partial charge in [0.2, 0.25) is 0 Å². The van der Waals surface area contributed by atoms with Crippen molar-refractivity contribution in [3.05, 3.63) is 17.6 Å². The van der Waals surface area contributed by atoms with Crippen molar-refractivity contribution in [2.45, 2.75) is 26.3 Å². The van der Waals surface area contributed by atoms with Crippen LogP contribution in [0.15, 0.2) is 6.07 Å². The molecule has 1 aliphatic rings. The van der Waals surface area contributed by atoms with Crippen LogP contribution in [0.2, 0.25) is 0 Å². The third-order valence-electron chi connectivity index (χ3n) is 3.16. The average molecular weight is 220 g/mol. The molecule has 0 amide bonds. The Hall–Kier alpha value is -1.16. The SMILES string of the molecule is CCc1cc(N2CC(N(C)C)C2)nc(C)n1. The first-order valence-electron chi connectivity index (χ1n) is 5.86. The second-order valence-electron chi connectivity index (χ2n) is 4.64. The Morgan fingerprint density at radius 1 is 1.38 bits per heavy atom. The fraction of sp³-hybridized carbons (Fsp3) is 0.667. The summed E-state index contributed by atoms with van der Waals surface area (Å²) in [5.74, 6) is 1.96. The van der Waals surface area contributed by atoms with Crippen LogP contribution in [0.25, 0.3) is 0 Å². The Kier molecular flexibility index (Phi) is 3.10. The number of aryl methyl sites for hydroxylation is 2. The summed E-state index contributed by atoms with van der Waals surface area (Å²) in [4.78, 5) is 13.5. The zero-order valence-corrected chi connectivity index (χ0v) is 10.6. The molecule has 0 saturated carbocycles. The third kappa shape index (κ3) is 2.16. The maximum Gasteiger partial charge on any atom is 0.132 e. The van der Waals surface area contributed by atoms with Crippen molar-refractivity contribution in [3.8, 4) is 0 Å². The largest absolute Gasteiger partial charge is 0.353 e. The highest BCUT2D eigenvalue weighted by Gasteiger charge is 2.29. The fourth-order valence-electron chi connectivity index (χ4n) is 1.92. The molecule has 4 nitrogen and oxygen atoms in total. The van der Waals surface area contributed by atoms with Crippen molar-refractivity contribution >= 4 is 5.82 Å². The maximum atomic E-state index is 4.49. The molecule has 2 rings (SSSR count). The van der Waals surface area contributed by atoms with Crippen molar-refractivity contribution in [1.29, 1.82) is 0 Å². The van der Waals surface area contributed by atoms with Crippen LogP contribution in [0, 0.1) is 6.92 Å². The first-order chi connectivity index (χ1) is 7.60. The van der Waals surface area contributed by atoms with Gasteiger partial charge in [-0.1, -0.05) is 6.92 Å². The van der Waals surface area contributed by atoms with Gasteiger partial charge in [-0.2, -0.15) is 0 Å².